The minimum absolute atomic E-state index is 0.141. The van der Waals surface area contributed by atoms with Crippen molar-refractivity contribution in [3.63, 3.8) is 0 Å². The first kappa shape index (κ1) is 29.8. The van der Waals surface area contributed by atoms with Crippen LogP contribution in [0, 0.1) is 11.6 Å². The summed E-state index contributed by atoms with van der Waals surface area (Å²) >= 11 is 6.11. The van der Waals surface area contributed by atoms with Gasteiger partial charge < -0.3 is 19.4 Å². The van der Waals surface area contributed by atoms with E-state index in [0.29, 0.717) is 17.1 Å². The number of aryl methyl sites for hydroxylation is 1. The molecule has 0 aliphatic carbocycles. The number of anilines is 2. The van der Waals surface area contributed by atoms with E-state index in [0.717, 1.165) is 12.3 Å². The van der Waals surface area contributed by atoms with E-state index in [1.165, 1.54) is 36.5 Å². The summed E-state index contributed by atoms with van der Waals surface area (Å²) in [6, 6.07) is 10.7. The number of pyridine rings is 1. The van der Waals surface area contributed by atoms with Gasteiger partial charge in [-0.25, -0.2) is 22.2 Å². The number of hydrogen-bond acceptors (Lipinski definition) is 6. The standard InChI is InChI=1S/C28H27ClF2N4O5S/c1-16(2)40-24-12-26(39-15-17-5-20(30)10-21(31)6-17)27(32-13-24)25-7-18(14-35(25)3)28(36)33-22-8-19(29)9-23(11-22)34-41(4,37)38/h5-14,16,34H,15H2,1-4H3,(H,33,36). The van der Waals surface area contributed by atoms with Crippen molar-refractivity contribution in [2.75, 3.05) is 16.3 Å². The van der Waals surface area contributed by atoms with Crippen LogP contribution in [0.15, 0.2) is 60.9 Å². The predicted molar refractivity (Wildman–Crippen MR) is 153 cm³/mol. The molecule has 2 heterocycles. The molecule has 0 bridgehead atoms. The van der Waals surface area contributed by atoms with Crippen molar-refractivity contribution >= 4 is 38.9 Å². The normalized spacial score (nSPS) is 11.4. The van der Waals surface area contributed by atoms with Crippen LogP contribution in [0.25, 0.3) is 11.4 Å². The molecule has 0 fully saturated rings. The number of sulfonamides is 1. The maximum atomic E-state index is 13.7. The number of benzene rings is 2. The monoisotopic (exact) mass is 604 g/mol. The first-order valence-electron chi connectivity index (χ1n) is 12.3. The number of nitrogens with one attached hydrogen (secondary N) is 2. The van der Waals surface area contributed by atoms with Gasteiger partial charge in [-0.15, -0.1) is 0 Å². The van der Waals surface area contributed by atoms with Crippen LogP contribution in [0.3, 0.4) is 0 Å². The average molecular weight is 605 g/mol. The number of amides is 1. The highest BCUT2D eigenvalue weighted by Gasteiger charge is 2.19. The third-order valence-electron chi connectivity index (χ3n) is 5.48. The van der Waals surface area contributed by atoms with Gasteiger partial charge in [0.1, 0.15) is 29.7 Å². The Labute approximate surface area is 241 Å². The summed E-state index contributed by atoms with van der Waals surface area (Å²) in [5.41, 5.74) is 1.89. The highest BCUT2D eigenvalue weighted by atomic mass is 35.5. The summed E-state index contributed by atoms with van der Waals surface area (Å²) < 4.78 is 66.3. The van der Waals surface area contributed by atoms with Crippen LogP contribution in [-0.4, -0.2) is 36.2 Å². The smallest absolute Gasteiger partial charge is 0.257 e. The minimum Gasteiger partial charge on any atom is -0.489 e. The Hall–Kier alpha value is -4.16. The molecule has 0 atom stereocenters. The second kappa shape index (κ2) is 12.1. The first-order valence-corrected chi connectivity index (χ1v) is 14.5. The molecule has 0 unspecified atom stereocenters. The lowest BCUT2D eigenvalue weighted by Gasteiger charge is -2.15. The van der Waals surface area contributed by atoms with Gasteiger partial charge in [0, 0.05) is 36.1 Å². The molecular formula is C28H27ClF2N4O5S. The summed E-state index contributed by atoms with van der Waals surface area (Å²) in [5.74, 6) is -1.24. The van der Waals surface area contributed by atoms with Crippen molar-refractivity contribution in [2.45, 2.75) is 26.6 Å². The lowest BCUT2D eigenvalue weighted by atomic mass is 10.2. The van der Waals surface area contributed by atoms with Gasteiger partial charge in [0.05, 0.1) is 35.5 Å². The number of ether oxygens (including phenoxy) is 2. The molecule has 9 nitrogen and oxygen atoms in total. The lowest BCUT2D eigenvalue weighted by molar-refractivity contribution is 0.102. The molecule has 0 spiro atoms. The summed E-state index contributed by atoms with van der Waals surface area (Å²) in [5, 5.41) is 2.92. The molecule has 2 aromatic heterocycles. The maximum Gasteiger partial charge on any atom is 0.257 e. The van der Waals surface area contributed by atoms with Crippen molar-refractivity contribution in [3.8, 4) is 22.9 Å². The van der Waals surface area contributed by atoms with E-state index in [4.69, 9.17) is 21.1 Å². The molecule has 0 radical (unpaired) electrons. The largest absolute Gasteiger partial charge is 0.489 e. The van der Waals surface area contributed by atoms with Gasteiger partial charge >= 0.3 is 0 Å². The maximum absolute atomic E-state index is 13.7. The third-order valence-corrected chi connectivity index (χ3v) is 6.31. The molecule has 0 saturated carbocycles. The van der Waals surface area contributed by atoms with E-state index in [9.17, 15) is 22.0 Å². The Morgan fingerprint density at radius 1 is 1.05 bits per heavy atom. The van der Waals surface area contributed by atoms with Gasteiger partial charge in [-0.05, 0) is 55.8 Å². The molecule has 13 heteroatoms. The number of rotatable bonds is 10. The number of aromatic nitrogens is 2. The Balaban J connectivity index is 1.63. The van der Waals surface area contributed by atoms with Gasteiger partial charge in [-0.2, -0.15) is 0 Å². The summed E-state index contributed by atoms with van der Waals surface area (Å²) in [7, 11) is -1.84. The first-order chi connectivity index (χ1) is 19.3. The average Bonchev–Trinajstić information content (AvgIpc) is 3.22. The van der Waals surface area contributed by atoms with Crippen molar-refractivity contribution in [3.05, 3.63) is 88.7 Å². The molecule has 41 heavy (non-hydrogen) atoms. The van der Waals surface area contributed by atoms with Gasteiger partial charge in [-0.1, -0.05) is 11.6 Å². The number of halogens is 3. The van der Waals surface area contributed by atoms with E-state index >= 15 is 0 Å². The number of nitrogens with zero attached hydrogens (tertiary/aromatic N) is 2. The Morgan fingerprint density at radius 3 is 2.39 bits per heavy atom. The van der Waals surface area contributed by atoms with Crippen LogP contribution in [-0.2, 0) is 23.7 Å². The van der Waals surface area contributed by atoms with Crippen LogP contribution in [0.1, 0.15) is 29.8 Å². The van der Waals surface area contributed by atoms with E-state index < -0.39 is 27.6 Å². The number of hydrogen-bond donors (Lipinski definition) is 2. The molecule has 4 rings (SSSR count). The second-order valence-corrected chi connectivity index (χ2v) is 11.7. The summed E-state index contributed by atoms with van der Waals surface area (Å²) in [4.78, 5) is 17.6. The van der Waals surface area contributed by atoms with E-state index in [2.05, 4.69) is 15.0 Å². The van der Waals surface area contributed by atoms with Crippen LogP contribution >= 0.6 is 11.6 Å². The van der Waals surface area contributed by atoms with Gasteiger partial charge in [-0.3, -0.25) is 9.52 Å². The molecule has 0 saturated heterocycles. The van der Waals surface area contributed by atoms with Gasteiger partial charge in [0.15, 0.2) is 5.75 Å². The van der Waals surface area contributed by atoms with Crippen LogP contribution < -0.4 is 19.5 Å². The zero-order valence-electron chi connectivity index (χ0n) is 22.5. The number of carbonyl (C=O) groups excluding carboxylic acids is 1. The van der Waals surface area contributed by atoms with Crippen LogP contribution in [0.2, 0.25) is 5.02 Å². The van der Waals surface area contributed by atoms with E-state index in [1.807, 2.05) is 13.8 Å². The van der Waals surface area contributed by atoms with Gasteiger partial charge in [0.2, 0.25) is 10.0 Å². The Kier molecular flexibility index (Phi) is 8.83. The van der Waals surface area contributed by atoms with Crippen molar-refractivity contribution in [2.24, 2.45) is 7.05 Å². The van der Waals surface area contributed by atoms with E-state index in [1.54, 1.807) is 29.9 Å². The van der Waals surface area contributed by atoms with Crippen LogP contribution in [0.5, 0.6) is 11.5 Å². The molecule has 4 aromatic rings. The molecule has 1 amide bonds. The van der Waals surface area contributed by atoms with Crippen molar-refractivity contribution in [1.82, 2.24) is 9.55 Å². The molecule has 2 N–H and O–H groups in total. The zero-order valence-corrected chi connectivity index (χ0v) is 24.1. The summed E-state index contributed by atoms with van der Waals surface area (Å²) in [6.07, 6.45) is 3.95. The fourth-order valence-electron chi connectivity index (χ4n) is 3.98. The molecule has 216 valence electrons. The topological polar surface area (TPSA) is 112 Å². The number of carbonyl (C=O) groups is 1. The van der Waals surface area contributed by atoms with Crippen LogP contribution in [0.4, 0.5) is 20.2 Å². The summed E-state index contributed by atoms with van der Waals surface area (Å²) in [6.45, 7) is 3.56. The highest BCUT2D eigenvalue weighted by Crippen LogP contribution is 2.33. The highest BCUT2D eigenvalue weighted by molar-refractivity contribution is 7.92. The third kappa shape index (κ3) is 8.18. The molecule has 0 aliphatic rings. The zero-order chi connectivity index (χ0) is 29.9. The Bertz CT molecular complexity index is 1690. The van der Waals surface area contributed by atoms with Crippen molar-refractivity contribution < 1.29 is 31.5 Å². The fraction of sp³-hybridized carbons (Fsp3) is 0.214. The predicted octanol–water partition coefficient (Wildman–Crippen LogP) is 6.01. The Morgan fingerprint density at radius 2 is 1.73 bits per heavy atom. The molecule has 2 aromatic carbocycles. The lowest BCUT2D eigenvalue weighted by Crippen LogP contribution is -2.13. The fourth-order valence-corrected chi connectivity index (χ4v) is 4.76. The van der Waals surface area contributed by atoms with E-state index in [-0.39, 0.29) is 46.0 Å². The minimum atomic E-state index is -3.55. The molecule has 0 aliphatic heterocycles. The quantitative estimate of drug-likeness (QED) is 0.229. The second-order valence-electron chi connectivity index (χ2n) is 9.53. The van der Waals surface area contributed by atoms with Gasteiger partial charge in [0.25, 0.3) is 5.91 Å². The molecular weight excluding hydrogens is 578 g/mol. The van der Waals surface area contributed by atoms with Crippen molar-refractivity contribution in [1.29, 1.82) is 0 Å². The SMILES string of the molecule is CC(C)Oc1cnc(-c2cc(C(=O)Nc3cc(Cl)cc(NS(C)(=O)=O)c3)cn2C)c(OCc2cc(F)cc(F)c2)c1.